The lowest BCUT2D eigenvalue weighted by molar-refractivity contribution is -0.150. The van der Waals surface area contributed by atoms with Crippen molar-refractivity contribution in [3.8, 4) is 11.5 Å². The topological polar surface area (TPSA) is 125 Å². The second-order valence-corrected chi connectivity index (χ2v) is 9.12. The van der Waals surface area contributed by atoms with Crippen LogP contribution in [0.25, 0.3) is 0 Å². The smallest absolute Gasteiger partial charge is 0.235 e. The summed E-state index contributed by atoms with van der Waals surface area (Å²) in [6.45, 7) is 1.43. The monoisotopic (exact) mass is 488 g/mol. The summed E-state index contributed by atoms with van der Waals surface area (Å²) in [5, 5.41) is 27.1. The first-order valence-electron chi connectivity index (χ1n) is 11.5. The van der Waals surface area contributed by atoms with Crippen LogP contribution in [0.1, 0.15) is 24.8 Å². The molecular formula is C28H28N2O6. The minimum absolute atomic E-state index is 0.120. The number of nitrogens with one attached hydrogen (secondary N) is 2. The highest BCUT2D eigenvalue weighted by molar-refractivity contribution is 6.10. The molecule has 4 atom stereocenters. The first-order chi connectivity index (χ1) is 17.2. The Bertz CT molecular complexity index is 1260. The van der Waals surface area contributed by atoms with Gasteiger partial charge in [-0.3, -0.25) is 14.4 Å². The van der Waals surface area contributed by atoms with Gasteiger partial charge in [-0.05, 0) is 48.9 Å². The summed E-state index contributed by atoms with van der Waals surface area (Å²) in [5.74, 6) is -5.11. The molecule has 0 aromatic heterocycles. The van der Waals surface area contributed by atoms with E-state index in [0.29, 0.717) is 16.9 Å². The minimum Gasteiger partial charge on any atom is -0.504 e. The molecule has 0 heterocycles. The lowest BCUT2D eigenvalue weighted by atomic mass is 9.61. The number of para-hydroxylation sites is 2. The number of carbonyl (C=O) groups excluding carboxylic acids is 3. The maximum atomic E-state index is 13.6. The first-order valence-corrected chi connectivity index (χ1v) is 11.5. The summed E-state index contributed by atoms with van der Waals surface area (Å²) in [4.78, 5) is 40.5. The fraction of sp³-hybridized carbons (Fsp3) is 0.250. The molecular weight excluding hydrogens is 460 g/mol. The van der Waals surface area contributed by atoms with Gasteiger partial charge in [-0.2, -0.15) is 0 Å². The van der Waals surface area contributed by atoms with Crippen LogP contribution in [-0.4, -0.2) is 40.5 Å². The van der Waals surface area contributed by atoms with E-state index in [1.54, 1.807) is 60.7 Å². The van der Waals surface area contributed by atoms with Crippen molar-refractivity contribution >= 4 is 29.0 Å². The third-order valence-electron chi connectivity index (χ3n) is 6.50. The summed E-state index contributed by atoms with van der Waals surface area (Å²) in [5.41, 5.74) is -0.322. The van der Waals surface area contributed by atoms with Crippen molar-refractivity contribution in [1.29, 1.82) is 0 Å². The summed E-state index contributed by atoms with van der Waals surface area (Å²) >= 11 is 0. The van der Waals surface area contributed by atoms with Gasteiger partial charge in [-0.15, -0.1) is 0 Å². The number of anilines is 2. The molecule has 0 radical (unpaired) electrons. The van der Waals surface area contributed by atoms with E-state index >= 15 is 0 Å². The number of amides is 2. The van der Waals surface area contributed by atoms with Crippen LogP contribution in [0.5, 0.6) is 11.5 Å². The largest absolute Gasteiger partial charge is 0.504 e. The van der Waals surface area contributed by atoms with Gasteiger partial charge in [0, 0.05) is 23.7 Å². The van der Waals surface area contributed by atoms with Crippen LogP contribution in [0, 0.1) is 11.8 Å². The van der Waals surface area contributed by atoms with Crippen LogP contribution in [0.4, 0.5) is 11.4 Å². The average molecular weight is 489 g/mol. The average Bonchev–Trinajstić information content (AvgIpc) is 2.84. The van der Waals surface area contributed by atoms with E-state index in [9.17, 15) is 24.6 Å². The third-order valence-corrected chi connectivity index (χ3v) is 6.50. The number of ketones is 1. The normalized spacial score (nSPS) is 23.5. The Hall–Kier alpha value is -4.17. The Morgan fingerprint density at radius 2 is 1.47 bits per heavy atom. The second-order valence-electron chi connectivity index (χ2n) is 9.12. The van der Waals surface area contributed by atoms with Crippen LogP contribution in [0.15, 0.2) is 78.9 Å². The number of Topliss-reactive ketones (excluding diaryl/α,β-unsaturated/α-hetero) is 1. The van der Waals surface area contributed by atoms with Crippen LogP contribution in [0.3, 0.4) is 0 Å². The van der Waals surface area contributed by atoms with Crippen LogP contribution >= 0.6 is 0 Å². The van der Waals surface area contributed by atoms with Crippen LogP contribution < -0.4 is 15.4 Å². The van der Waals surface area contributed by atoms with E-state index in [0.717, 1.165) is 0 Å². The molecule has 0 unspecified atom stereocenters. The van der Waals surface area contributed by atoms with Gasteiger partial charge in [0.2, 0.25) is 11.8 Å². The molecule has 36 heavy (non-hydrogen) atoms. The molecule has 1 saturated carbocycles. The van der Waals surface area contributed by atoms with Gasteiger partial charge < -0.3 is 25.6 Å². The standard InChI is InChI=1S/C28H28N2O6/c1-28(35)16-21(32)24(26(33)29-18-9-5-3-6-10-18)23(17-13-14-20(31)22(15-17)36-2)25(28)27(34)30-19-11-7-4-8-12-19/h3-15,23-25,31,35H,16H2,1-2H3,(H,29,33)(H,30,34)/t23-,24-,25-,28-/m1/s1. The highest BCUT2D eigenvalue weighted by Gasteiger charge is 2.56. The Labute approximate surface area is 208 Å². The number of hydrogen-bond donors (Lipinski definition) is 4. The number of hydrogen-bond acceptors (Lipinski definition) is 6. The minimum atomic E-state index is -1.74. The predicted molar refractivity (Wildman–Crippen MR) is 135 cm³/mol. The number of aromatic hydroxyl groups is 1. The number of rotatable bonds is 6. The van der Waals surface area contributed by atoms with E-state index in [4.69, 9.17) is 4.74 Å². The van der Waals surface area contributed by atoms with Crippen molar-refractivity contribution in [2.45, 2.75) is 24.9 Å². The third kappa shape index (κ3) is 5.08. The van der Waals surface area contributed by atoms with Gasteiger partial charge in [0.1, 0.15) is 11.7 Å². The number of phenols is 1. The SMILES string of the molecule is COc1cc([C@@H]2[C@H](C(=O)Nc3ccccc3)C(=O)C[C@@](C)(O)[C@H]2C(=O)Nc2ccccc2)ccc1O. The van der Waals surface area contributed by atoms with Crippen molar-refractivity contribution in [3.63, 3.8) is 0 Å². The van der Waals surface area contributed by atoms with Gasteiger partial charge in [-0.1, -0.05) is 42.5 Å². The molecule has 8 nitrogen and oxygen atoms in total. The number of carbonyl (C=O) groups is 3. The molecule has 0 saturated heterocycles. The van der Waals surface area contributed by atoms with E-state index in [1.807, 2.05) is 0 Å². The van der Waals surface area contributed by atoms with E-state index in [-0.39, 0.29) is 17.9 Å². The molecule has 0 aliphatic heterocycles. The fourth-order valence-electron chi connectivity index (χ4n) is 4.88. The Morgan fingerprint density at radius 3 is 2.03 bits per heavy atom. The molecule has 1 aliphatic carbocycles. The summed E-state index contributed by atoms with van der Waals surface area (Å²) < 4.78 is 5.24. The molecule has 3 aromatic carbocycles. The van der Waals surface area contributed by atoms with E-state index < -0.39 is 41.0 Å². The summed E-state index contributed by atoms with van der Waals surface area (Å²) in [7, 11) is 1.38. The highest BCUT2D eigenvalue weighted by Crippen LogP contribution is 2.47. The molecule has 3 aromatic rings. The molecule has 4 N–H and O–H groups in total. The fourth-order valence-corrected chi connectivity index (χ4v) is 4.88. The van der Waals surface area contributed by atoms with Gasteiger partial charge in [0.25, 0.3) is 0 Å². The highest BCUT2D eigenvalue weighted by atomic mass is 16.5. The maximum Gasteiger partial charge on any atom is 0.235 e. The molecule has 2 amide bonds. The lowest BCUT2D eigenvalue weighted by Crippen LogP contribution is -2.56. The van der Waals surface area contributed by atoms with Gasteiger partial charge in [-0.25, -0.2) is 0 Å². The number of benzene rings is 3. The van der Waals surface area contributed by atoms with Crippen molar-refractivity contribution in [2.75, 3.05) is 17.7 Å². The molecule has 8 heteroatoms. The second kappa shape index (κ2) is 10.2. The van der Waals surface area contributed by atoms with Crippen LogP contribution in [0.2, 0.25) is 0 Å². The number of aliphatic hydroxyl groups is 1. The van der Waals surface area contributed by atoms with Gasteiger partial charge in [0.15, 0.2) is 11.5 Å². The molecule has 1 fully saturated rings. The van der Waals surface area contributed by atoms with Crippen molar-refractivity contribution < 1.29 is 29.3 Å². The summed E-state index contributed by atoms with van der Waals surface area (Å²) in [6, 6.07) is 21.8. The zero-order valence-corrected chi connectivity index (χ0v) is 20.0. The summed E-state index contributed by atoms with van der Waals surface area (Å²) in [6.07, 6.45) is -0.377. The molecule has 4 rings (SSSR count). The van der Waals surface area contributed by atoms with Crippen molar-refractivity contribution in [3.05, 3.63) is 84.4 Å². The molecule has 0 spiro atoms. The van der Waals surface area contributed by atoms with Crippen molar-refractivity contribution in [1.82, 2.24) is 0 Å². The zero-order chi connectivity index (χ0) is 25.9. The van der Waals surface area contributed by atoms with E-state index in [1.165, 1.54) is 32.2 Å². The lowest BCUT2D eigenvalue weighted by Gasteiger charge is -2.44. The van der Waals surface area contributed by atoms with Crippen molar-refractivity contribution in [2.24, 2.45) is 11.8 Å². The van der Waals surface area contributed by atoms with Gasteiger partial charge in [0.05, 0.1) is 18.6 Å². The number of ether oxygens (including phenoxy) is 1. The predicted octanol–water partition coefficient (Wildman–Crippen LogP) is 3.72. The Morgan fingerprint density at radius 1 is 0.917 bits per heavy atom. The first kappa shape index (κ1) is 24.9. The Balaban J connectivity index is 1.81. The molecule has 186 valence electrons. The molecule has 1 aliphatic rings. The molecule has 0 bridgehead atoms. The van der Waals surface area contributed by atoms with E-state index in [2.05, 4.69) is 10.6 Å². The van der Waals surface area contributed by atoms with Crippen LogP contribution in [-0.2, 0) is 14.4 Å². The quantitative estimate of drug-likeness (QED) is 0.392. The van der Waals surface area contributed by atoms with Gasteiger partial charge >= 0.3 is 0 Å². The zero-order valence-electron chi connectivity index (χ0n) is 20.0. The maximum absolute atomic E-state index is 13.6. The number of methoxy groups -OCH3 is 1. The Kier molecular flexibility index (Phi) is 7.07. The number of phenolic OH excluding ortho intramolecular Hbond substituents is 1.